The molecule has 2 aromatic heterocycles. The highest BCUT2D eigenvalue weighted by Gasteiger charge is 2.40. The number of alkyl halides is 3. The van der Waals surface area contributed by atoms with Gasteiger partial charge in [0.2, 0.25) is 0 Å². The summed E-state index contributed by atoms with van der Waals surface area (Å²) in [5, 5.41) is 4.89. The van der Waals surface area contributed by atoms with Crippen molar-refractivity contribution in [3.8, 4) is 11.4 Å². The summed E-state index contributed by atoms with van der Waals surface area (Å²) in [6.07, 6.45) is -3.62. The number of nitrogens with zero attached hydrogens (tertiary/aromatic N) is 4. The molecule has 1 aliphatic rings. The normalized spacial score (nSPS) is 13.7. The Bertz CT molecular complexity index is 1400. The second-order valence-corrected chi connectivity index (χ2v) is 7.07. The minimum atomic E-state index is -4.90. The first-order valence-electron chi connectivity index (χ1n) is 9.43. The number of hydrogen-bond donors (Lipinski definition) is 0. The molecule has 0 aliphatic carbocycles. The van der Waals surface area contributed by atoms with E-state index >= 15 is 0 Å². The zero-order valence-corrected chi connectivity index (χ0v) is 16.4. The number of ether oxygens (including phenoxy) is 1. The second-order valence-electron chi connectivity index (χ2n) is 7.07. The Labute approximate surface area is 178 Å². The number of carbonyl (C=O) groups is 2. The van der Waals surface area contributed by atoms with Gasteiger partial charge >= 0.3 is 6.36 Å². The van der Waals surface area contributed by atoms with Crippen molar-refractivity contribution in [2.75, 3.05) is 4.90 Å². The van der Waals surface area contributed by atoms with Crippen LogP contribution in [0.25, 0.3) is 16.7 Å². The predicted octanol–water partition coefficient (Wildman–Crippen LogP) is 4.43. The van der Waals surface area contributed by atoms with Crippen molar-refractivity contribution in [1.82, 2.24) is 14.8 Å². The Morgan fingerprint density at radius 1 is 0.938 bits per heavy atom. The second kappa shape index (κ2) is 6.91. The number of carbonyl (C=O) groups excluding carboxylic acids is 2. The molecule has 0 spiro atoms. The van der Waals surface area contributed by atoms with Gasteiger partial charge in [-0.1, -0.05) is 24.3 Å². The maximum Gasteiger partial charge on any atom is 0.573 e. The van der Waals surface area contributed by atoms with E-state index in [4.69, 9.17) is 0 Å². The minimum absolute atomic E-state index is 0.0424. The number of aryl methyl sites for hydroxylation is 1. The molecule has 32 heavy (non-hydrogen) atoms. The number of benzene rings is 2. The van der Waals surface area contributed by atoms with Crippen LogP contribution in [0.5, 0.6) is 5.75 Å². The van der Waals surface area contributed by atoms with Crippen LogP contribution in [0, 0.1) is 6.92 Å². The smallest absolute Gasteiger partial charge is 0.406 e. The van der Waals surface area contributed by atoms with E-state index in [1.807, 2.05) is 30.3 Å². The molecule has 0 bridgehead atoms. The number of pyridine rings is 1. The number of anilines is 1. The number of fused-ring (bicyclic) bond motifs is 3. The Kier molecular flexibility index (Phi) is 4.26. The topological polar surface area (TPSA) is 77.3 Å². The van der Waals surface area contributed by atoms with Crippen LogP contribution in [0.1, 0.15) is 26.4 Å². The molecular weight excluding hydrogens is 425 g/mol. The predicted molar refractivity (Wildman–Crippen MR) is 108 cm³/mol. The number of amides is 2. The molecule has 3 heterocycles. The van der Waals surface area contributed by atoms with Crippen molar-refractivity contribution in [3.63, 3.8) is 0 Å². The molecule has 10 heteroatoms. The quantitative estimate of drug-likeness (QED) is 0.443. The van der Waals surface area contributed by atoms with Gasteiger partial charge in [-0.05, 0) is 31.2 Å². The molecule has 1 aliphatic heterocycles. The van der Waals surface area contributed by atoms with Crippen molar-refractivity contribution in [2.45, 2.75) is 13.3 Å². The molecule has 0 saturated heterocycles. The van der Waals surface area contributed by atoms with Crippen LogP contribution < -0.4 is 9.64 Å². The number of aromatic nitrogens is 3. The number of rotatable bonds is 3. The van der Waals surface area contributed by atoms with Crippen LogP contribution in [-0.4, -0.2) is 32.9 Å². The Hall–Kier alpha value is -4.21. The zero-order valence-electron chi connectivity index (χ0n) is 16.4. The average Bonchev–Trinajstić information content (AvgIpc) is 3.21. The highest BCUT2D eigenvalue weighted by Crippen LogP contribution is 2.36. The van der Waals surface area contributed by atoms with E-state index < -0.39 is 23.9 Å². The van der Waals surface area contributed by atoms with Gasteiger partial charge in [0.25, 0.3) is 11.8 Å². The maximum atomic E-state index is 13.3. The van der Waals surface area contributed by atoms with Crippen molar-refractivity contribution in [2.24, 2.45) is 0 Å². The number of para-hydroxylation sites is 1. The number of halogens is 3. The fourth-order valence-electron chi connectivity index (χ4n) is 3.76. The summed E-state index contributed by atoms with van der Waals surface area (Å²) in [6.45, 7) is 1.70. The van der Waals surface area contributed by atoms with Crippen LogP contribution >= 0.6 is 0 Å². The van der Waals surface area contributed by atoms with E-state index in [1.165, 1.54) is 18.3 Å². The lowest BCUT2D eigenvalue weighted by atomic mass is 10.1. The molecule has 160 valence electrons. The standard InChI is InChI=1S/C22H13F3N4O3/c1-12-17-18-16(11-26-19(17)29(27-12)13-6-3-2-4-7-13)20(30)28(21(18)31)14-8-5-9-15(10-14)32-22(23,24)25/h2-11H,1H3. The van der Waals surface area contributed by atoms with Crippen molar-refractivity contribution in [1.29, 1.82) is 0 Å². The minimum Gasteiger partial charge on any atom is -0.406 e. The van der Waals surface area contributed by atoms with Gasteiger partial charge in [-0.2, -0.15) is 5.10 Å². The zero-order chi connectivity index (χ0) is 22.6. The molecule has 0 saturated carbocycles. The largest absolute Gasteiger partial charge is 0.573 e. The summed E-state index contributed by atoms with van der Waals surface area (Å²) in [4.78, 5) is 31.5. The van der Waals surface area contributed by atoms with Gasteiger partial charge in [0.1, 0.15) is 5.75 Å². The summed E-state index contributed by atoms with van der Waals surface area (Å²) in [5.74, 6) is -1.89. The van der Waals surface area contributed by atoms with Gasteiger partial charge in [0.15, 0.2) is 5.65 Å². The van der Waals surface area contributed by atoms with E-state index in [0.29, 0.717) is 16.7 Å². The third kappa shape index (κ3) is 3.08. The monoisotopic (exact) mass is 438 g/mol. The van der Waals surface area contributed by atoms with Crippen molar-refractivity contribution in [3.05, 3.63) is 77.6 Å². The van der Waals surface area contributed by atoms with Gasteiger partial charge in [0.05, 0.1) is 33.6 Å². The molecule has 2 amide bonds. The Morgan fingerprint density at radius 3 is 2.38 bits per heavy atom. The van der Waals surface area contributed by atoms with Crippen molar-refractivity contribution >= 4 is 28.5 Å². The summed E-state index contributed by atoms with van der Waals surface area (Å²) < 4.78 is 43.3. The van der Waals surface area contributed by atoms with Crippen LogP contribution in [0.2, 0.25) is 0 Å². The summed E-state index contributed by atoms with van der Waals surface area (Å²) in [7, 11) is 0. The Balaban J connectivity index is 1.63. The Morgan fingerprint density at radius 2 is 1.66 bits per heavy atom. The lowest BCUT2D eigenvalue weighted by Gasteiger charge is -2.15. The van der Waals surface area contributed by atoms with Gasteiger partial charge in [-0.15, -0.1) is 13.2 Å². The first-order valence-corrected chi connectivity index (χ1v) is 9.43. The maximum absolute atomic E-state index is 13.3. The summed E-state index contributed by atoms with van der Waals surface area (Å²) >= 11 is 0. The van der Waals surface area contributed by atoms with Gasteiger partial charge in [-0.25, -0.2) is 14.6 Å². The highest BCUT2D eigenvalue weighted by atomic mass is 19.4. The summed E-state index contributed by atoms with van der Waals surface area (Å²) in [6, 6.07) is 13.9. The van der Waals surface area contributed by atoms with Gasteiger partial charge in [-0.3, -0.25) is 9.59 Å². The van der Waals surface area contributed by atoms with Crippen LogP contribution in [0.4, 0.5) is 18.9 Å². The van der Waals surface area contributed by atoms with Crippen LogP contribution in [-0.2, 0) is 0 Å². The molecular formula is C22H13F3N4O3. The van der Waals surface area contributed by atoms with Crippen molar-refractivity contribution < 1.29 is 27.5 Å². The molecule has 4 aromatic rings. The molecule has 0 radical (unpaired) electrons. The van der Waals surface area contributed by atoms with Crippen LogP contribution in [0.3, 0.4) is 0 Å². The summed E-state index contributed by atoms with van der Waals surface area (Å²) in [5.41, 5.74) is 1.74. The third-order valence-corrected chi connectivity index (χ3v) is 5.03. The molecule has 5 rings (SSSR count). The first kappa shape index (κ1) is 19.7. The van der Waals surface area contributed by atoms with E-state index in [1.54, 1.807) is 11.6 Å². The van der Waals surface area contributed by atoms with E-state index in [9.17, 15) is 22.8 Å². The van der Waals surface area contributed by atoms with E-state index in [-0.39, 0.29) is 16.8 Å². The van der Waals surface area contributed by atoms with Gasteiger partial charge < -0.3 is 4.74 Å². The van der Waals surface area contributed by atoms with Gasteiger partial charge in [0, 0.05) is 12.3 Å². The molecule has 7 nitrogen and oxygen atoms in total. The fraction of sp³-hybridized carbons (Fsp3) is 0.0909. The van der Waals surface area contributed by atoms with E-state index in [0.717, 1.165) is 22.7 Å². The van der Waals surface area contributed by atoms with E-state index in [2.05, 4.69) is 14.8 Å². The molecule has 0 unspecified atom stereocenters. The SMILES string of the molecule is Cc1nn(-c2ccccc2)c2ncc3c(c12)C(=O)N(c1cccc(OC(F)(F)F)c1)C3=O. The molecule has 0 N–H and O–H groups in total. The molecule has 2 aromatic carbocycles. The lowest BCUT2D eigenvalue weighted by molar-refractivity contribution is -0.274. The fourth-order valence-corrected chi connectivity index (χ4v) is 3.76. The number of imide groups is 1. The van der Waals surface area contributed by atoms with Crippen LogP contribution in [0.15, 0.2) is 60.8 Å². The lowest BCUT2D eigenvalue weighted by Crippen LogP contribution is -2.29. The molecule has 0 atom stereocenters. The first-order chi connectivity index (χ1) is 15.2. The third-order valence-electron chi connectivity index (χ3n) is 5.03. The molecule has 0 fully saturated rings. The number of hydrogen-bond acceptors (Lipinski definition) is 5. The average molecular weight is 438 g/mol. The highest BCUT2D eigenvalue weighted by molar-refractivity contribution is 6.37.